The summed E-state index contributed by atoms with van der Waals surface area (Å²) in [6.07, 6.45) is 46.1. The maximum atomic E-state index is 2.82. The van der Waals surface area contributed by atoms with E-state index < -0.39 is 0 Å². The molecule has 11 rings (SSSR count). The molecule has 0 spiro atoms. The average molecular weight is 726 g/mol. The van der Waals surface area contributed by atoms with Crippen molar-refractivity contribution in [3.63, 3.8) is 0 Å². The summed E-state index contributed by atoms with van der Waals surface area (Å²) in [6, 6.07) is 20.5. The van der Waals surface area contributed by atoms with Crippen molar-refractivity contribution in [3.05, 3.63) is 189 Å². The van der Waals surface area contributed by atoms with Gasteiger partial charge in [-0.15, -0.1) is 11.8 Å². The van der Waals surface area contributed by atoms with Crippen LogP contribution in [0.3, 0.4) is 0 Å². The van der Waals surface area contributed by atoms with E-state index in [0.29, 0.717) is 46.0 Å². The maximum Gasteiger partial charge on any atom is 0.0632 e. The van der Waals surface area contributed by atoms with Crippen LogP contribution in [0.2, 0.25) is 0 Å². The molecule has 9 unspecified atom stereocenters. The average Bonchev–Trinajstić information content (AvgIpc) is 3.56. The Balaban J connectivity index is 1.05. The highest BCUT2D eigenvalue weighted by Crippen LogP contribution is 2.62. The molecule has 1 fully saturated rings. The summed E-state index contributed by atoms with van der Waals surface area (Å²) in [5.74, 6) is 2.77. The molecular formula is C50H47NS2. The van der Waals surface area contributed by atoms with Crippen LogP contribution in [0, 0.1) is 29.6 Å². The number of anilines is 2. The Labute approximate surface area is 324 Å². The molecule has 0 bridgehead atoms. The highest BCUT2D eigenvalue weighted by molar-refractivity contribution is 8.07. The second-order valence-corrected chi connectivity index (χ2v) is 18.7. The molecule has 2 aromatic carbocycles. The number of benzene rings is 2. The summed E-state index contributed by atoms with van der Waals surface area (Å²) in [4.78, 5) is 5.69. The molecule has 264 valence electrons. The van der Waals surface area contributed by atoms with Gasteiger partial charge in [0.15, 0.2) is 0 Å². The standard InChI is InChI=1S/C50H47NS2/c1-3-14-32(15-4-1)33-27-29-46-41(30-33)48(39-19-8-11-23-44(39)52-46)50-40-20-9-12-24-45(40)53-47-25-13-21-36(49(47)50)34-26-28-38-37-18-7-10-22-42(37)51(43(38)31-34)35-16-5-2-6-17-35/h1-3,5-8,10-11,13-14,16-20,22-26,28,30-31,36,38-39,41,43-44,46,48,50H,4,9,12,15,21,27,29H2. The largest absolute Gasteiger partial charge is 0.333 e. The smallest absolute Gasteiger partial charge is 0.0632 e. The van der Waals surface area contributed by atoms with Crippen LogP contribution in [0.4, 0.5) is 11.4 Å². The number of hydrogen-bond donors (Lipinski definition) is 0. The molecule has 9 atom stereocenters. The zero-order valence-electron chi connectivity index (χ0n) is 30.3. The minimum atomic E-state index is 0.275. The molecule has 3 heterocycles. The molecular weight excluding hydrogens is 679 g/mol. The minimum Gasteiger partial charge on any atom is -0.333 e. The predicted octanol–water partition coefficient (Wildman–Crippen LogP) is 13.0. The van der Waals surface area contributed by atoms with Crippen LogP contribution in [0.1, 0.15) is 56.4 Å². The fourth-order valence-corrected chi connectivity index (χ4v) is 14.3. The molecule has 1 nitrogen and oxygen atoms in total. The quantitative estimate of drug-likeness (QED) is 0.309. The molecule has 53 heavy (non-hydrogen) atoms. The number of fused-ring (bicyclic) bond motifs is 6. The topological polar surface area (TPSA) is 3.24 Å². The Kier molecular flexibility index (Phi) is 8.24. The summed E-state index contributed by atoms with van der Waals surface area (Å²) in [6.45, 7) is 0. The van der Waals surface area contributed by atoms with Gasteiger partial charge in [0.05, 0.1) is 6.04 Å². The van der Waals surface area contributed by atoms with Crippen molar-refractivity contribution in [2.24, 2.45) is 29.6 Å². The van der Waals surface area contributed by atoms with E-state index in [9.17, 15) is 0 Å². The number of allylic oxidation sites excluding steroid dienone is 17. The Morgan fingerprint density at radius 1 is 0.736 bits per heavy atom. The Bertz CT molecular complexity index is 2180. The van der Waals surface area contributed by atoms with Gasteiger partial charge < -0.3 is 4.90 Å². The van der Waals surface area contributed by atoms with Gasteiger partial charge in [-0.25, -0.2) is 0 Å². The van der Waals surface area contributed by atoms with E-state index in [0.717, 1.165) is 19.3 Å². The first-order chi connectivity index (χ1) is 26.3. The SMILES string of the molecule is C1=CCCC(C2=CC3C(CC2)SC2C=CC=CC2C3C2C3=CCCC=C3SC3=C2C(C2=CC4C(C=C2)c2ccccc2N4c2ccccc2)CC=C3)=C1. The molecule has 2 aromatic rings. The van der Waals surface area contributed by atoms with Crippen molar-refractivity contribution in [3.8, 4) is 0 Å². The van der Waals surface area contributed by atoms with Gasteiger partial charge in [0.2, 0.25) is 0 Å². The van der Waals surface area contributed by atoms with Crippen LogP contribution in [0.15, 0.2) is 183 Å². The van der Waals surface area contributed by atoms with Gasteiger partial charge in [-0.05, 0) is 114 Å². The van der Waals surface area contributed by atoms with Crippen LogP contribution in [-0.4, -0.2) is 16.5 Å². The lowest BCUT2D eigenvalue weighted by Crippen LogP contribution is -2.47. The number of thioether (sulfide) groups is 2. The van der Waals surface area contributed by atoms with Crippen molar-refractivity contribution >= 4 is 34.9 Å². The summed E-state index contributed by atoms with van der Waals surface area (Å²) >= 11 is 4.37. The predicted molar refractivity (Wildman–Crippen MR) is 227 cm³/mol. The minimum absolute atomic E-state index is 0.275. The Morgan fingerprint density at radius 3 is 2.55 bits per heavy atom. The maximum absolute atomic E-state index is 2.82. The van der Waals surface area contributed by atoms with Crippen LogP contribution < -0.4 is 4.90 Å². The van der Waals surface area contributed by atoms with Gasteiger partial charge in [0.25, 0.3) is 0 Å². The molecule has 0 radical (unpaired) electrons. The molecule has 9 aliphatic rings. The second kappa shape index (κ2) is 13.4. The fraction of sp³-hybridized carbons (Fsp3) is 0.320. The highest BCUT2D eigenvalue weighted by Gasteiger charge is 2.52. The van der Waals surface area contributed by atoms with E-state index in [1.807, 2.05) is 0 Å². The lowest BCUT2D eigenvalue weighted by molar-refractivity contribution is 0.218. The third-order valence-corrected chi connectivity index (χ3v) is 16.4. The van der Waals surface area contributed by atoms with Crippen molar-refractivity contribution in [1.29, 1.82) is 0 Å². The molecule has 3 aliphatic heterocycles. The summed E-state index contributed by atoms with van der Waals surface area (Å²) in [5, 5.41) is 1.22. The summed E-state index contributed by atoms with van der Waals surface area (Å²) in [5.41, 5.74) is 12.2. The van der Waals surface area contributed by atoms with Crippen molar-refractivity contribution in [2.75, 3.05) is 4.90 Å². The first kappa shape index (κ1) is 32.5. The van der Waals surface area contributed by atoms with Crippen LogP contribution in [0.25, 0.3) is 0 Å². The Morgan fingerprint density at radius 2 is 1.62 bits per heavy atom. The number of rotatable bonds is 4. The van der Waals surface area contributed by atoms with Crippen LogP contribution in [0.5, 0.6) is 0 Å². The third kappa shape index (κ3) is 5.43. The van der Waals surface area contributed by atoms with Crippen molar-refractivity contribution in [2.45, 2.75) is 67.4 Å². The fourth-order valence-electron chi connectivity index (χ4n) is 11.3. The van der Waals surface area contributed by atoms with Gasteiger partial charge in [0.1, 0.15) is 0 Å². The first-order valence-corrected chi connectivity index (χ1v) is 22.0. The third-order valence-electron chi connectivity index (χ3n) is 13.5. The van der Waals surface area contributed by atoms with Gasteiger partial charge in [0, 0.05) is 49.4 Å². The van der Waals surface area contributed by atoms with Crippen molar-refractivity contribution < 1.29 is 0 Å². The molecule has 0 aromatic heterocycles. The highest BCUT2D eigenvalue weighted by atomic mass is 32.2. The molecule has 3 heteroatoms. The van der Waals surface area contributed by atoms with E-state index in [-0.39, 0.29) is 6.04 Å². The molecule has 0 N–H and O–H groups in total. The van der Waals surface area contributed by atoms with Crippen LogP contribution in [-0.2, 0) is 0 Å². The van der Waals surface area contributed by atoms with Crippen LogP contribution >= 0.6 is 23.5 Å². The Hall–Kier alpha value is -3.92. The normalized spacial score (nSPS) is 34.8. The van der Waals surface area contributed by atoms with Gasteiger partial charge in [-0.2, -0.15) is 0 Å². The molecule has 1 saturated heterocycles. The van der Waals surface area contributed by atoms with E-state index in [2.05, 4.69) is 174 Å². The van der Waals surface area contributed by atoms with Gasteiger partial charge >= 0.3 is 0 Å². The van der Waals surface area contributed by atoms with Gasteiger partial charge in [-0.1, -0.05) is 139 Å². The van der Waals surface area contributed by atoms with E-state index in [1.54, 1.807) is 27.2 Å². The monoisotopic (exact) mass is 725 g/mol. The van der Waals surface area contributed by atoms with E-state index in [1.165, 1.54) is 53.1 Å². The number of nitrogens with zero attached hydrogens (tertiary/aromatic N) is 1. The summed E-state index contributed by atoms with van der Waals surface area (Å²) in [7, 11) is 0. The van der Waals surface area contributed by atoms with Gasteiger partial charge in [-0.3, -0.25) is 0 Å². The van der Waals surface area contributed by atoms with E-state index >= 15 is 0 Å². The number of hydrogen-bond acceptors (Lipinski definition) is 3. The summed E-state index contributed by atoms with van der Waals surface area (Å²) < 4.78 is 0. The zero-order valence-corrected chi connectivity index (χ0v) is 31.9. The molecule has 6 aliphatic carbocycles. The second-order valence-electron chi connectivity index (χ2n) is 16.2. The molecule has 0 amide bonds. The molecule has 0 saturated carbocycles. The zero-order chi connectivity index (χ0) is 34.9. The van der Waals surface area contributed by atoms with Crippen molar-refractivity contribution in [1.82, 2.24) is 0 Å². The first-order valence-electron chi connectivity index (χ1n) is 20.2. The lowest BCUT2D eigenvalue weighted by atomic mass is 9.59. The lowest BCUT2D eigenvalue weighted by Gasteiger charge is -2.53. The van der Waals surface area contributed by atoms with E-state index in [4.69, 9.17) is 0 Å². The number of para-hydroxylation sites is 2.